The first-order valence-corrected chi connectivity index (χ1v) is 6.25. The van der Waals surface area contributed by atoms with Gasteiger partial charge in [-0.15, -0.1) is 11.3 Å². The molecule has 0 spiro atoms. The van der Waals surface area contributed by atoms with Crippen LogP contribution in [0.5, 0.6) is 0 Å². The number of rotatable bonds is 5. The first kappa shape index (κ1) is 11.4. The molecule has 0 unspecified atom stereocenters. The van der Waals surface area contributed by atoms with E-state index in [1.54, 1.807) is 17.6 Å². The molecule has 0 aliphatic carbocycles. The largest absolute Gasteiger partial charge is 0.468 e. The molecule has 2 aromatic rings. The fraction of sp³-hybridized carbons (Fsp3) is 0.417. The van der Waals surface area contributed by atoms with Gasteiger partial charge < -0.3 is 9.73 Å². The van der Waals surface area contributed by atoms with E-state index in [-0.39, 0.29) is 0 Å². The van der Waals surface area contributed by atoms with Crippen LogP contribution in [0.1, 0.15) is 35.4 Å². The average molecular weight is 236 g/mol. The van der Waals surface area contributed by atoms with Gasteiger partial charge in [-0.3, -0.25) is 0 Å². The Morgan fingerprint density at radius 3 is 2.94 bits per heavy atom. The van der Waals surface area contributed by atoms with Crippen LogP contribution in [0.25, 0.3) is 0 Å². The van der Waals surface area contributed by atoms with Crippen molar-refractivity contribution in [3.05, 3.63) is 40.2 Å². The molecule has 3 nitrogen and oxygen atoms in total. The minimum absolute atomic E-state index is 0.517. The molecule has 2 heterocycles. The highest BCUT2D eigenvalue weighted by molar-refractivity contribution is 7.11. The Kier molecular flexibility index (Phi) is 3.74. The average Bonchev–Trinajstić information content (AvgIpc) is 2.87. The minimum Gasteiger partial charge on any atom is -0.468 e. The SMILES string of the molecule is CC(C)c1ncc(CNCc2ccco2)s1. The Balaban J connectivity index is 1.81. The van der Waals surface area contributed by atoms with Gasteiger partial charge in [-0.2, -0.15) is 0 Å². The molecule has 0 radical (unpaired) electrons. The van der Waals surface area contributed by atoms with Crippen molar-refractivity contribution in [1.29, 1.82) is 0 Å². The molecule has 2 aromatic heterocycles. The molecule has 0 amide bonds. The summed E-state index contributed by atoms with van der Waals surface area (Å²) in [5.74, 6) is 1.48. The van der Waals surface area contributed by atoms with Gasteiger partial charge in [-0.05, 0) is 12.1 Å². The van der Waals surface area contributed by atoms with Gasteiger partial charge in [0, 0.05) is 23.5 Å². The van der Waals surface area contributed by atoms with Crippen LogP contribution in [-0.2, 0) is 13.1 Å². The van der Waals surface area contributed by atoms with Crippen molar-refractivity contribution in [2.75, 3.05) is 0 Å². The van der Waals surface area contributed by atoms with Crippen LogP contribution in [0.15, 0.2) is 29.0 Å². The standard InChI is InChI=1S/C12H16N2OS/c1-9(2)12-14-8-11(16-12)7-13-6-10-4-3-5-15-10/h3-5,8-9,13H,6-7H2,1-2H3. The molecule has 16 heavy (non-hydrogen) atoms. The molecule has 0 aliphatic heterocycles. The summed E-state index contributed by atoms with van der Waals surface area (Å²) in [6.07, 6.45) is 3.65. The van der Waals surface area contributed by atoms with Crippen molar-refractivity contribution in [2.45, 2.75) is 32.9 Å². The summed E-state index contributed by atoms with van der Waals surface area (Å²) >= 11 is 1.77. The molecular weight excluding hydrogens is 220 g/mol. The Labute approximate surface area is 99.5 Å². The summed E-state index contributed by atoms with van der Waals surface area (Å²) in [4.78, 5) is 5.66. The fourth-order valence-electron chi connectivity index (χ4n) is 1.39. The number of nitrogens with zero attached hydrogens (tertiary/aromatic N) is 1. The van der Waals surface area contributed by atoms with Crippen LogP contribution < -0.4 is 5.32 Å². The van der Waals surface area contributed by atoms with Gasteiger partial charge in [0.1, 0.15) is 5.76 Å². The van der Waals surface area contributed by atoms with Gasteiger partial charge in [-0.25, -0.2) is 4.98 Å². The third-order valence-electron chi connectivity index (χ3n) is 2.24. The van der Waals surface area contributed by atoms with Crippen molar-refractivity contribution in [3.63, 3.8) is 0 Å². The van der Waals surface area contributed by atoms with Crippen molar-refractivity contribution in [2.24, 2.45) is 0 Å². The third-order valence-corrected chi connectivity index (χ3v) is 3.54. The minimum atomic E-state index is 0.517. The zero-order valence-corrected chi connectivity index (χ0v) is 10.4. The summed E-state index contributed by atoms with van der Waals surface area (Å²) in [5.41, 5.74) is 0. The van der Waals surface area contributed by atoms with Crippen molar-refractivity contribution in [3.8, 4) is 0 Å². The lowest BCUT2D eigenvalue weighted by Gasteiger charge is -1.99. The molecule has 86 valence electrons. The van der Waals surface area contributed by atoms with E-state index in [0.717, 1.165) is 18.8 Å². The molecule has 0 aliphatic rings. The number of thiazole rings is 1. The third kappa shape index (κ3) is 2.93. The molecule has 0 aromatic carbocycles. The maximum absolute atomic E-state index is 5.24. The second-order valence-electron chi connectivity index (χ2n) is 4.00. The van der Waals surface area contributed by atoms with E-state index in [2.05, 4.69) is 24.1 Å². The lowest BCUT2D eigenvalue weighted by Crippen LogP contribution is -2.10. The van der Waals surface area contributed by atoms with Crippen LogP contribution in [0.3, 0.4) is 0 Å². The smallest absolute Gasteiger partial charge is 0.117 e. The van der Waals surface area contributed by atoms with Gasteiger partial charge >= 0.3 is 0 Å². The Hall–Kier alpha value is -1.13. The van der Waals surface area contributed by atoms with Crippen LogP contribution >= 0.6 is 11.3 Å². The zero-order chi connectivity index (χ0) is 11.4. The Bertz CT molecular complexity index is 420. The topological polar surface area (TPSA) is 38.1 Å². The van der Waals surface area contributed by atoms with Crippen LogP contribution in [0.4, 0.5) is 0 Å². The second-order valence-corrected chi connectivity index (χ2v) is 5.15. The van der Waals surface area contributed by atoms with Crippen LogP contribution in [-0.4, -0.2) is 4.98 Å². The van der Waals surface area contributed by atoms with Crippen LogP contribution in [0, 0.1) is 0 Å². The van der Waals surface area contributed by atoms with E-state index in [1.165, 1.54) is 9.88 Å². The van der Waals surface area contributed by atoms with Crippen molar-refractivity contribution in [1.82, 2.24) is 10.3 Å². The van der Waals surface area contributed by atoms with Gasteiger partial charge in [-0.1, -0.05) is 13.8 Å². The Morgan fingerprint density at radius 1 is 1.44 bits per heavy atom. The van der Waals surface area contributed by atoms with Crippen LogP contribution in [0.2, 0.25) is 0 Å². The molecular formula is C12H16N2OS. The molecule has 1 N–H and O–H groups in total. The first-order chi connectivity index (χ1) is 7.75. The summed E-state index contributed by atoms with van der Waals surface area (Å²) in [6, 6.07) is 3.87. The molecule has 0 bridgehead atoms. The predicted molar refractivity (Wildman–Crippen MR) is 65.5 cm³/mol. The van der Waals surface area contributed by atoms with Gasteiger partial charge in [0.2, 0.25) is 0 Å². The maximum atomic E-state index is 5.24. The lowest BCUT2D eigenvalue weighted by molar-refractivity contribution is 0.483. The summed E-state index contributed by atoms with van der Waals surface area (Å²) in [5, 5.41) is 4.54. The monoisotopic (exact) mass is 236 g/mol. The summed E-state index contributed by atoms with van der Waals surface area (Å²) in [6.45, 7) is 5.95. The van der Waals surface area contributed by atoms with Gasteiger partial charge in [0.05, 0.1) is 17.8 Å². The predicted octanol–water partition coefficient (Wildman–Crippen LogP) is 3.15. The highest BCUT2D eigenvalue weighted by Crippen LogP contribution is 2.20. The summed E-state index contributed by atoms with van der Waals surface area (Å²) < 4.78 is 5.24. The number of aromatic nitrogens is 1. The number of nitrogens with one attached hydrogen (secondary N) is 1. The van der Waals surface area contributed by atoms with E-state index in [9.17, 15) is 0 Å². The molecule has 0 saturated heterocycles. The second kappa shape index (κ2) is 5.27. The van der Waals surface area contributed by atoms with E-state index in [1.807, 2.05) is 18.3 Å². The van der Waals surface area contributed by atoms with E-state index < -0.39 is 0 Å². The zero-order valence-electron chi connectivity index (χ0n) is 9.56. The van der Waals surface area contributed by atoms with Crippen molar-refractivity contribution < 1.29 is 4.42 Å². The first-order valence-electron chi connectivity index (χ1n) is 5.43. The molecule has 0 atom stereocenters. The number of hydrogen-bond donors (Lipinski definition) is 1. The molecule has 0 saturated carbocycles. The fourth-order valence-corrected chi connectivity index (χ4v) is 2.28. The quantitative estimate of drug-likeness (QED) is 0.866. The Morgan fingerprint density at radius 2 is 2.31 bits per heavy atom. The van der Waals surface area contributed by atoms with Crippen molar-refractivity contribution >= 4 is 11.3 Å². The van der Waals surface area contributed by atoms with E-state index >= 15 is 0 Å². The van der Waals surface area contributed by atoms with E-state index in [0.29, 0.717) is 5.92 Å². The maximum Gasteiger partial charge on any atom is 0.117 e. The highest BCUT2D eigenvalue weighted by Gasteiger charge is 2.05. The number of hydrogen-bond acceptors (Lipinski definition) is 4. The highest BCUT2D eigenvalue weighted by atomic mass is 32.1. The van der Waals surface area contributed by atoms with E-state index in [4.69, 9.17) is 4.42 Å². The molecule has 2 rings (SSSR count). The lowest BCUT2D eigenvalue weighted by atomic mass is 10.2. The van der Waals surface area contributed by atoms with Gasteiger partial charge in [0.25, 0.3) is 0 Å². The molecule has 4 heteroatoms. The normalized spacial score (nSPS) is 11.2. The van der Waals surface area contributed by atoms with Gasteiger partial charge in [0.15, 0.2) is 0 Å². The molecule has 0 fully saturated rings. The summed E-state index contributed by atoms with van der Waals surface area (Å²) in [7, 11) is 0. The number of furan rings is 1.